The molecule has 0 aliphatic carbocycles. The first-order chi connectivity index (χ1) is 13.1. The van der Waals surface area contributed by atoms with E-state index in [1.165, 1.54) is 10.9 Å². The number of rotatable bonds is 4. The molecule has 0 radical (unpaired) electrons. The van der Waals surface area contributed by atoms with E-state index in [0.29, 0.717) is 23.2 Å². The van der Waals surface area contributed by atoms with Crippen LogP contribution in [0.4, 0.5) is 0 Å². The van der Waals surface area contributed by atoms with E-state index in [0.717, 1.165) is 5.56 Å². The molecule has 0 N–H and O–H groups in total. The summed E-state index contributed by atoms with van der Waals surface area (Å²) in [4.78, 5) is 16.6. The summed E-state index contributed by atoms with van der Waals surface area (Å²) in [5, 5.41) is 7.95. The predicted octanol–water partition coefficient (Wildman–Crippen LogP) is 4.04. The Balaban J connectivity index is 1.60. The maximum Gasteiger partial charge on any atom is 0.294 e. The number of para-hydroxylation sites is 1. The summed E-state index contributed by atoms with van der Waals surface area (Å²) >= 11 is 6.20. The van der Waals surface area contributed by atoms with E-state index in [-0.39, 0.29) is 10.8 Å². The molecule has 7 nitrogen and oxygen atoms in total. The van der Waals surface area contributed by atoms with Crippen molar-refractivity contribution in [2.45, 2.75) is 6.92 Å². The number of benzene rings is 2. The lowest BCUT2D eigenvalue weighted by molar-refractivity contribution is 0.394. The fourth-order valence-corrected chi connectivity index (χ4v) is 2.62. The molecule has 0 fully saturated rings. The van der Waals surface area contributed by atoms with Crippen LogP contribution in [0.5, 0.6) is 11.5 Å². The number of aromatic nitrogens is 4. The van der Waals surface area contributed by atoms with Crippen LogP contribution in [0.2, 0.25) is 5.02 Å². The summed E-state index contributed by atoms with van der Waals surface area (Å²) in [6.07, 6.45) is 1.41. The van der Waals surface area contributed by atoms with Crippen LogP contribution in [0.25, 0.3) is 17.1 Å². The highest BCUT2D eigenvalue weighted by Crippen LogP contribution is 2.27. The number of hydrogen-bond acceptors (Lipinski definition) is 6. The van der Waals surface area contributed by atoms with Crippen LogP contribution in [0.3, 0.4) is 0 Å². The van der Waals surface area contributed by atoms with Crippen molar-refractivity contribution in [3.8, 4) is 28.6 Å². The SMILES string of the molecule is Cc1nc(-c2ccc(Oc3cnn(-c4ccccc4)c(=O)c3Cl)cc2)no1. The van der Waals surface area contributed by atoms with Gasteiger partial charge in [0.15, 0.2) is 10.8 Å². The first-order valence-electron chi connectivity index (χ1n) is 8.04. The molecule has 0 aliphatic heterocycles. The van der Waals surface area contributed by atoms with Gasteiger partial charge in [0.1, 0.15) is 5.75 Å². The fraction of sp³-hybridized carbons (Fsp3) is 0.0526. The third-order valence-electron chi connectivity index (χ3n) is 3.76. The minimum Gasteiger partial charge on any atom is -0.454 e. The Labute approximate surface area is 158 Å². The molecule has 27 heavy (non-hydrogen) atoms. The lowest BCUT2D eigenvalue weighted by Gasteiger charge is -2.09. The van der Waals surface area contributed by atoms with E-state index in [1.807, 2.05) is 18.2 Å². The van der Waals surface area contributed by atoms with Crippen LogP contribution in [-0.4, -0.2) is 19.9 Å². The Bertz CT molecular complexity index is 1140. The van der Waals surface area contributed by atoms with Gasteiger partial charge in [-0.05, 0) is 36.4 Å². The quantitative estimate of drug-likeness (QED) is 0.531. The van der Waals surface area contributed by atoms with Crippen molar-refractivity contribution < 1.29 is 9.26 Å². The molecule has 134 valence electrons. The number of halogens is 1. The van der Waals surface area contributed by atoms with Crippen molar-refractivity contribution in [2.75, 3.05) is 0 Å². The van der Waals surface area contributed by atoms with Crippen LogP contribution in [0.15, 0.2) is 70.1 Å². The van der Waals surface area contributed by atoms with Crippen molar-refractivity contribution in [1.82, 2.24) is 19.9 Å². The summed E-state index contributed by atoms with van der Waals surface area (Å²) < 4.78 is 11.9. The highest BCUT2D eigenvalue weighted by atomic mass is 35.5. The normalized spacial score (nSPS) is 10.7. The van der Waals surface area contributed by atoms with E-state index in [1.54, 1.807) is 43.3 Å². The molecule has 2 aromatic carbocycles. The van der Waals surface area contributed by atoms with Crippen LogP contribution in [-0.2, 0) is 0 Å². The Morgan fingerprint density at radius 2 is 1.81 bits per heavy atom. The van der Waals surface area contributed by atoms with Gasteiger partial charge in [-0.2, -0.15) is 14.8 Å². The standard InChI is InChI=1S/C19H13ClN4O3/c1-12-22-18(23-27-12)13-7-9-15(10-8-13)26-16-11-21-24(19(25)17(16)20)14-5-3-2-4-6-14/h2-11H,1H3. The molecular formula is C19H13ClN4O3. The zero-order chi connectivity index (χ0) is 18.8. The van der Waals surface area contributed by atoms with Gasteiger partial charge in [-0.1, -0.05) is 35.0 Å². The fourth-order valence-electron chi connectivity index (χ4n) is 2.46. The third kappa shape index (κ3) is 3.45. The van der Waals surface area contributed by atoms with E-state index < -0.39 is 5.56 Å². The van der Waals surface area contributed by atoms with Crippen molar-refractivity contribution >= 4 is 11.6 Å². The molecule has 0 atom stereocenters. The van der Waals surface area contributed by atoms with Crippen molar-refractivity contribution in [1.29, 1.82) is 0 Å². The Hall–Kier alpha value is -3.45. The summed E-state index contributed by atoms with van der Waals surface area (Å²) in [6.45, 7) is 1.72. The highest BCUT2D eigenvalue weighted by molar-refractivity contribution is 6.31. The first-order valence-corrected chi connectivity index (χ1v) is 8.41. The Kier molecular flexibility index (Phi) is 4.43. The largest absolute Gasteiger partial charge is 0.454 e. The molecule has 0 saturated heterocycles. The van der Waals surface area contributed by atoms with Gasteiger partial charge in [-0.15, -0.1) is 0 Å². The van der Waals surface area contributed by atoms with Crippen molar-refractivity contribution in [3.05, 3.63) is 82.1 Å². The lowest BCUT2D eigenvalue weighted by Crippen LogP contribution is -2.21. The van der Waals surface area contributed by atoms with E-state index >= 15 is 0 Å². The molecule has 4 aromatic rings. The van der Waals surface area contributed by atoms with Crippen molar-refractivity contribution in [3.63, 3.8) is 0 Å². The average molecular weight is 381 g/mol. The molecular weight excluding hydrogens is 368 g/mol. The van der Waals surface area contributed by atoms with Gasteiger partial charge in [0.25, 0.3) is 5.56 Å². The van der Waals surface area contributed by atoms with Crippen LogP contribution < -0.4 is 10.3 Å². The van der Waals surface area contributed by atoms with Gasteiger partial charge in [-0.3, -0.25) is 4.79 Å². The van der Waals surface area contributed by atoms with Crippen LogP contribution in [0, 0.1) is 6.92 Å². The second kappa shape index (κ2) is 7.05. The molecule has 0 spiro atoms. The minimum atomic E-state index is -0.459. The number of aryl methyl sites for hydroxylation is 1. The molecule has 0 bridgehead atoms. The molecule has 2 aromatic heterocycles. The molecule has 0 unspecified atom stereocenters. The van der Waals surface area contributed by atoms with Gasteiger partial charge in [0, 0.05) is 12.5 Å². The minimum absolute atomic E-state index is 0.0493. The Morgan fingerprint density at radius 3 is 2.48 bits per heavy atom. The van der Waals surface area contributed by atoms with E-state index in [4.69, 9.17) is 20.9 Å². The maximum absolute atomic E-state index is 12.5. The number of hydrogen-bond donors (Lipinski definition) is 0. The van der Waals surface area contributed by atoms with E-state index in [9.17, 15) is 4.79 Å². The molecule has 0 amide bonds. The molecule has 0 saturated carbocycles. The second-order valence-electron chi connectivity index (χ2n) is 5.64. The zero-order valence-electron chi connectivity index (χ0n) is 14.2. The maximum atomic E-state index is 12.5. The predicted molar refractivity (Wildman–Crippen MR) is 99.4 cm³/mol. The summed E-state index contributed by atoms with van der Waals surface area (Å²) in [7, 11) is 0. The van der Waals surface area contributed by atoms with Gasteiger partial charge in [0.05, 0.1) is 11.9 Å². The summed E-state index contributed by atoms with van der Waals surface area (Å²) in [6, 6.07) is 16.0. The summed E-state index contributed by atoms with van der Waals surface area (Å²) in [5.74, 6) is 1.66. The monoisotopic (exact) mass is 380 g/mol. The smallest absolute Gasteiger partial charge is 0.294 e. The molecule has 0 aliphatic rings. The Morgan fingerprint density at radius 1 is 1.07 bits per heavy atom. The summed E-state index contributed by atoms with van der Waals surface area (Å²) in [5.41, 5.74) is 0.942. The number of ether oxygens (including phenoxy) is 1. The molecule has 2 heterocycles. The topological polar surface area (TPSA) is 83.0 Å². The van der Waals surface area contributed by atoms with Gasteiger partial charge >= 0.3 is 0 Å². The van der Waals surface area contributed by atoms with Crippen LogP contribution >= 0.6 is 11.6 Å². The number of nitrogens with zero attached hydrogens (tertiary/aromatic N) is 4. The van der Waals surface area contributed by atoms with Crippen molar-refractivity contribution in [2.24, 2.45) is 0 Å². The van der Waals surface area contributed by atoms with E-state index in [2.05, 4.69) is 15.2 Å². The molecule has 4 rings (SSSR count). The second-order valence-corrected chi connectivity index (χ2v) is 6.02. The lowest BCUT2D eigenvalue weighted by atomic mass is 10.2. The van der Waals surface area contributed by atoms with Gasteiger partial charge in [0.2, 0.25) is 11.7 Å². The average Bonchev–Trinajstić information content (AvgIpc) is 3.13. The zero-order valence-corrected chi connectivity index (χ0v) is 14.9. The molecule has 8 heteroatoms. The third-order valence-corrected chi connectivity index (χ3v) is 4.10. The van der Waals surface area contributed by atoms with Gasteiger partial charge < -0.3 is 9.26 Å². The first kappa shape index (κ1) is 17.0. The van der Waals surface area contributed by atoms with Crippen LogP contribution in [0.1, 0.15) is 5.89 Å². The van der Waals surface area contributed by atoms with Gasteiger partial charge in [-0.25, -0.2) is 0 Å². The highest BCUT2D eigenvalue weighted by Gasteiger charge is 2.13.